The van der Waals surface area contributed by atoms with Crippen LogP contribution in [-0.2, 0) is 15.1 Å². The maximum Gasteiger partial charge on any atom is 0.325 e. The van der Waals surface area contributed by atoms with Crippen molar-refractivity contribution >= 4 is 39.6 Å². The number of halogens is 1. The number of aromatic nitrogens is 1. The molecule has 0 bridgehead atoms. The average Bonchev–Trinajstić information content (AvgIpc) is 2.88. The topological polar surface area (TPSA) is 91.4 Å². The zero-order valence-corrected chi connectivity index (χ0v) is 17.4. The Balaban J connectivity index is 1.73. The number of urea groups is 1. The molecule has 0 spiro atoms. The number of imide groups is 1. The summed E-state index contributed by atoms with van der Waals surface area (Å²) in [6, 6.07) is 10.3. The van der Waals surface area contributed by atoms with Crippen LogP contribution in [0.15, 0.2) is 47.1 Å². The minimum Gasteiger partial charge on any atom is -0.319 e. The highest BCUT2D eigenvalue weighted by Crippen LogP contribution is 2.30. The van der Waals surface area contributed by atoms with Crippen molar-refractivity contribution in [1.29, 1.82) is 0 Å². The Morgan fingerprint density at radius 1 is 1.21 bits per heavy atom. The Morgan fingerprint density at radius 3 is 2.46 bits per heavy atom. The summed E-state index contributed by atoms with van der Waals surface area (Å²) in [4.78, 5) is 42.5. The zero-order chi connectivity index (χ0) is 20.5. The van der Waals surface area contributed by atoms with Gasteiger partial charge in [-0.2, -0.15) is 0 Å². The van der Waals surface area contributed by atoms with Crippen LogP contribution in [0.5, 0.6) is 0 Å². The molecule has 0 radical (unpaired) electrons. The maximum atomic E-state index is 12.9. The number of hydrogen-bond donors (Lipinski definition) is 2. The summed E-state index contributed by atoms with van der Waals surface area (Å²) in [5.41, 5.74) is 0.609. The Labute approximate surface area is 171 Å². The van der Waals surface area contributed by atoms with Gasteiger partial charge in [-0.25, -0.2) is 9.78 Å². The first-order chi connectivity index (χ1) is 13.2. The van der Waals surface area contributed by atoms with Crippen LogP contribution in [-0.4, -0.2) is 34.3 Å². The molecule has 8 heteroatoms. The quantitative estimate of drug-likeness (QED) is 0.691. The third-order valence-electron chi connectivity index (χ3n) is 4.73. The van der Waals surface area contributed by atoms with E-state index in [-0.39, 0.29) is 6.54 Å². The molecular formula is C20H21BrN4O3. The molecule has 0 saturated carbocycles. The van der Waals surface area contributed by atoms with Crippen LogP contribution in [0.4, 0.5) is 10.6 Å². The number of carbonyl (C=O) groups excluding carboxylic acids is 3. The zero-order valence-electron chi connectivity index (χ0n) is 15.8. The molecule has 28 heavy (non-hydrogen) atoms. The monoisotopic (exact) mass is 444 g/mol. The van der Waals surface area contributed by atoms with Gasteiger partial charge in [0.15, 0.2) is 0 Å². The molecule has 7 nitrogen and oxygen atoms in total. The molecule has 1 saturated heterocycles. The molecule has 1 aliphatic rings. The predicted molar refractivity (Wildman–Crippen MR) is 109 cm³/mol. The molecule has 3 rings (SSSR count). The number of rotatable bonds is 5. The van der Waals surface area contributed by atoms with Crippen LogP contribution in [0.1, 0.15) is 37.8 Å². The fourth-order valence-electron chi connectivity index (χ4n) is 3.01. The van der Waals surface area contributed by atoms with E-state index >= 15 is 0 Å². The van der Waals surface area contributed by atoms with Gasteiger partial charge >= 0.3 is 6.03 Å². The third-order valence-corrected chi connectivity index (χ3v) is 5.20. The minimum atomic E-state index is -1.21. The van der Waals surface area contributed by atoms with Crippen molar-refractivity contribution in [3.8, 4) is 0 Å². The Hall–Kier alpha value is -2.74. The van der Waals surface area contributed by atoms with Crippen LogP contribution in [0.2, 0.25) is 0 Å². The molecule has 1 aromatic heterocycles. The number of pyridine rings is 1. The highest BCUT2D eigenvalue weighted by atomic mass is 79.9. The second kappa shape index (κ2) is 7.71. The van der Waals surface area contributed by atoms with E-state index in [9.17, 15) is 14.4 Å². The Bertz CT molecular complexity index is 912. The average molecular weight is 445 g/mol. The Morgan fingerprint density at radius 2 is 1.89 bits per heavy atom. The van der Waals surface area contributed by atoms with Crippen molar-refractivity contribution in [2.45, 2.75) is 32.2 Å². The maximum absolute atomic E-state index is 12.9. The van der Waals surface area contributed by atoms with Gasteiger partial charge < -0.3 is 10.6 Å². The van der Waals surface area contributed by atoms with Crippen molar-refractivity contribution in [2.75, 3.05) is 11.9 Å². The highest BCUT2D eigenvalue weighted by molar-refractivity contribution is 9.10. The van der Waals surface area contributed by atoms with Gasteiger partial charge in [0.2, 0.25) is 5.91 Å². The SMILES string of the molecule is CC(C)c1ccc(C2(C)NC(=O)N(CC(=O)Nc3ccc(Br)cn3)C2=O)cc1. The van der Waals surface area contributed by atoms with Gasteiger partial charge in [0, 0.05) is 10.7 Å². The summed E-state index contributed by atoms with van der Waals surface area (Å²) >= 11 is 3.26. The van der Waals surface area contributed by atoms with Gasteiger partial charge in [-0.05, 0) is 52.0 Å². The molecule has 2 heterocycles. The van der Waals surface area contributed by atoms with Crippen LogP contribution >= 0.6 is 15.9 Å². The van der Waals surface area contributed by atoms with Crippen LogP contribution in [0.3, 0.4) is 0 Å². The fraction of sp³-hybridized carbons (Fsp3) is 0.300. The largest absolute Gasteiger partial charge is 0.325 e. The normalized spacial score (nSPS) is 19.1. The number of amides is 4. The molecule has 1 aliphatic heterocycles. The van der Waals surface area contributed by atoms with E-state index in [0.29, 0.717) is 17.3 Å². The smallest absolute Gasteiger partial charge is 0.319 e. The number of nitrogens with zero attached hydrogens (tertiary/aromatic N) is 2. The van der Waals surface area contributed by atoms with Crippen molar-refractivity contribution in [1.82, 2.24) is 15.2 Å². The van der Waals surface area contributed by atoms with Crippen molar-refractivity contribution in [2.24, 2.45) is 0 Å². The fourth-order valence-corrected chi connectivity index (χ4v) is 3.25. The lowest BCUT2D eigenvalue weighted by Crippen LogP contribution is -2.42. The number of hydrogen-bond acceptors (Lipinski definition) is 4. The van der Waals surface area contributed by atoms with E-state index < -0.39 is 23.4 Å². The van der Waals surface area contributed by atoms with E-state index in [1.54, 1.807) is 25.3 Å². The van der Waals surface area contributed by atoms with Gasteiger partial charge in [-0.15, -0.1) is 0 Å². The lowest BCUT2D eigenvalue weighted by Gasteiger charge is -2.22. The molecule has 1 atom stereocenters. The van der Waals surface area contributed by atoms with Crippen LogP contribution < -0.4 is 10.6 Å². The van der Waals surface area contributed by atoms with Crippen molar-refractivity contribution < 1.29 is 14.4 Å². The summed E-state index contributed by atoms with van der Waals surface area (Å²) in [5, 5.41) is 5.29. The summed E-state index contributed by atoms with van der Waals surface area (Å²) in [5.74, 6) is -0.262. The lowest BCUT2D eigenvalue weighted by molar-refractivity contribution is -0.133. The summed E-state index contributed by atoms with van der Waals surface area (Å²) in [6.45, 7) is 5.42. The molecule has 2 aromatic rings. The summed E-state index contributed by atoms with van der Waals surface area (Å²) in [6.07, 6.45) is 1.54. The van der Waals surface area contributed by atoms with Crippen LogP contribution in [0, 0.1) is 0 Å². The lowest BCUT2D eigenvalue weighted by atomic mass is 9.90. The van der Waals surface area contributed by atoms with Gasteiger partial charge in [-0.3, -0.25) is 14.5 Å². The first-order valence-electron chi connectivity index (χ1n) is 8.86. The highest BCUT2D eigenvalue weighted by Gasteiger charge is 2.49. The number of benzene rings is 1. The number of carbonyl (C=O) groups is 3. The number of nitrogens with one attached hydrogen (secondary N) is 2. The van der Waals surface area contributed by atoms with Crippen LogP contribution in [0.25, 0.3) is 0 Å². The molecule has 4 amide bonds. The van der Waals surface area contributed by atoms with Gasteiger partial charge in [0.25, 0.3) is 5.91 Å². The van der Waals surface area contributed by atoms with Gasteiger partial charge in [0.05, 0.1) is 0 Å². The van der Waals surface area contributed by atoms with E-state index in [1.807, 2.05) is 24.3 Å². The summed E-state index contributed by atoms with van der Waals surface area (Å²) in [7, 11) is 0. The predicted octanol–water partition coefficient (Wildman–Crippen LogP) is 3.37. The molecular weight excluding hydrogens is 424 g/mol. The standard InChI is InChI=1S/C20H21BrN4O3/c1-12(2)13-4-6-14(7-5-13)20(3)18(27)25(19(28)24-20)11-17(26)23-16-9-8-15(21)10-22-16/h4-10,12H,11H2,1-3H3,(H,24,28)(H,22,23,26). The molecule has 146 valence electrons. The molecule has 1 aromatic carbocycles. The molecule has 1 fully saturated rings. The molecule has 0 aliphatic carbocycles. The molecule has 1 unspecified atom stereocenters. The summed E-state index contributed by atoms with van der Waals surface area (Å²) < 4.78 is 0.777. The van der Waals surface area contributed by atoms with E-state index in [2.05, 4.69) is 45.4 Å². The van der Waals surface area contributed by atoms with Gasteiger partial charge in [0.1, 0.15) is 17.9 Å². The second-order valence-electron chi connectivity index (χ2n) is 7.13. The van der Waals surface area contributed by atoms with Crippen molar-refractivity contribution in [3.05, 3.63) is 58.2 Å². The van der Waals surface area contributed by atoms with Crippen molar-refractivity contribution in [3.63, 3.8) is 0 Å². The minimum absolute atomic E-state index is 0.340. The van der Waals surface area contributed by atoms with E-state index in [4.69, 9.17) is 0 Å². The first-order valence-corrected chi connectivity index (χ1v) is 9.66. The Kier molecular flexibility index (Phi) is 5.51. The second-order valence-corrected chi connectivity index (χ2v) is 8.05. The first kappa shape index (κ1) is 20.0. The van der Waals surface area contributed by atoms with E-state index in [0.717, 1.165) is 14.9 Å². The van der Waals surface area contributed by atoms with E-state index in [1.165, 1.54) is 0 Å². The number of anilines is 1. The van der Waals surface area contributed by atoms with Gasteiger partial charge in [-0.1, -0.05) is 38.1 Å². The third kappa shape index (κ3) is 3.91. The molecule has 2 N–H and O–H groups in total.